The van der Waals surface area contributed by atoms with Crippen LogP contribution in [0.1, 0.15) is 31.7 Å². The molecule has 0 bridgehead atoms. The fourth-order valence-corrected chi connectivity index (χ4v) is 2.77. The Morgan fingerprint density at radius 2 is 2.30 bits per heavy atom. The maximum absolute atomic E-state index is 12.1. The Labute approximate surface area is 120 Å². The summed E-state index contributed by atoms with van der Waals surface area (Å²) in [7, 11) is 1.81. The van der Waals surface area contributed by atoms with E-state index in [1.165, 1.54) is 5.56 Å². The summed E-state index contributed by atoms with van der Waals surface area (Å²) >= 11 is 0. The fraction of sp³-hybridized carbons (Fsp3) is 0.562. The summed E-state index contributed by atoms with van der Waals surface area (Å²) in [5, 5.41) is 3.13. The van der Waals surface area contributed by atoms with Crippen molar-refractivity contribution in [1.82, 2.24) is 5.32 Å². The van der Waals surface area contributed by atoms with Crippen LogP contribution in [-0.2, 0) is 9.53 Å². The van der Waals surface area contributed by atoms with Crippen molar-refractivity contribution in [3.63, 3.8) is 0 Å². The molecule has 1 saturated carbocycles. The van der Waals surface area contributed by atoms with Crippen LogP contribution in [0.5, 0.6) is 5.75 Å². The maximum atomic E-state index is 12.1. The number of likely N-dealkylation sites (N-methyl/N-ethyl adjacent to an activating group) is 1. The van der Waals surface area contributed by atoms with Gasteiger partial charge in [-0.25, -0.2) is 0 Å². The third-order valence-corrected chi connectivity index (χ3v) is 3.91. The number of carbonyl (C=O) groups excluding carboxylic acids is 1. The van der Waals surface area contributed by atoms with Gasteiger partial charge < -0.3 is 14.8 Å². The Balaban J connectivity index is 2.02. The number of benzene rings is 1. The summed E-state index contributed by atoms with van der Waals surface area (Å²) in [5.41, 5.74) is 0.579. The molecule has 4 nitrogen and oxygen atoms in total. The predicted octanol–water partition coefficient (Wildman–Crippen LogP) is 2.45. The zero-order chi connectivity index (χ0) is 14.6. The highest BCUT2D eigenvalue weighted by molar-refractivity contribution is 5.81. The van der Waals surface area contributed by atoms with Gasteiger partial charge in [0.1, 0.15) is 17.4 Å². The molecule has 1 N–H and O–H groups in total. The lowest BCUT2D eigenvalue weighted by atomic mass is 9.98. The average molecular weight is 277 g/mol. The molecule has 4 heteroatoms. The zero-order valence-corrected chi connectivity index (χ0v) is 12.4. The van der Waals surface area contributed by atoms with E-state index in [-0.39, 0.29) is 12.1 Å². The van der Waals surface area contributed by atoms with Crippen LogP contribution in [0, 0.1) is 6.92 Å². The number of esters is 1. The molecule has 0 aliphatic heterocycles. The second-order valence-corrected chi connectivity index (χ2v) is 5.35. The first-order valence-electron chi connectivity index (χ1n) is 7.19. The Bertz CT molecular complexity index is 475. The molecule has 0 saturated heterocycles. The smallest absolute Gasteiger partial charge is 0.326 e. The predicted molar refractivity (Wildman–Crippen MR) is 77.9 cm³/mol. The molecule has 1 aromatic rings. The fourth-order valence-electron chi connectivity index (χ4n) is 2.77. The minimum Gasteiger partial charge on any atom is -0.490 e. The van der Waals surface area contributed by atoms with Gasteiger partial charge in [-0.15, -0.1) is 0 Å². The van der Waals surface area contributed by atoms with Gasteiger partial charge in [0.05, 0.1) is 6.61 Å². The summed E-state index contributed by atoms with van der Waals surface area (Å²) in [5.74, 6) is 0.698. The minimum absolute atomic E-state index is 0.0497. The van der Waals surface area contributed by atoms with E-state index in [1.54, 1.807) is 0 Å². The van der Waals surface area contributed by atoms with E-state index in [2.05, 4.69) is 5.32 Å². The quantitative estimate of drug-likeness (QED) is 0.840. The molecule has 0 aromatic heterocycles. The van der Waals surface area contributed by atoms with Gasteiger partial charge in [0.25, 0.3) is 0 Å². The number of carbonyl (C=O) groups is 1. The third-order valence-electron chi connectivity index (χ3n) is 3.91. The van der Waals surface area contributed by atoms with Crippen LogP contribution < -0.4 is 10.1 Å². The van der Waals surface area contributed by atoms with Gasteiger partial charge in [0, 0.05) is 6.42 Å². The van der Waals surface area contributed by atoms with Gasteiger partial charge in [-0.3, -0.25) is 4.79 Å². The lowest BCUT2D eigenvalue weighted by molar-refractivity contribution is -0.151. The molecule has 110 valence electrons. The van der Waals surface area contributed by atoms with Crippen LogP contribution in [0.25, 0.3) is 0 Å². The summed E-state index contributed by atoms with van der Waals surface area (Å²) in [6, 6.07) is 7.99. The lowest BCUT2D eigenvalue weighted by Crippen LogP contribution is -2.49. The van der Waals surface area contributed by atoms with Crippen LogP contribution in [0.15, 0.2) is 24.3 Å². The van der Waals surface area contributed by atoms with E-state index in [4.69, 9.17) is 9.47 Å². The van der Waals surface area contributed by atoms with Gasteiger partial charge in [0.2, 0.25) is 0 Å². The normalized spacial score (nSPS) is 25.4. The summed E-state index contributed by atoms with van der Waals surface area (Å²) in [6.07, 6.45) is 2.30. The molecule has 20 heavy (non-hydrogen) atoms. The first-order chi connectivity index (χ1) is 9.59. The number of nitrogens with one attached hydrogen (secondary N) is 1. The number of aryl methyl sites for hydroxylation is 1. The standard InChI is InChI=1S/C16H23NO3/c1-4-19-15(18)16(17-3)9-8-14(11-16)20-13-7-5-6-12(2)10-13/h5-7,10,14,17H,4,8-9,11H2,1-3H3. The maximum Gasteiger partial charge on any atom is 0.326 e. The molecule has 2 unspecified atom stereocenters. The van der Waals surface area contributed by atoms with Crippen LogP contribution in [-0.4, -0.2) is 31.3 Å². The van der Waals surface area contributed by atoms with Crippen molar-refractivity contribution < 1.29 is 14.3 Å². The topological polar surface area (TPSA) is 47.6 Å². The second-order valence-electron chi connectivity index (χ2n) is 5.35. The molecule has 1 aliphatic rings. The Kier molecular flexibility index (Phi) is 4.65. The molecule has 0 radical (unpaired) electrons. The van der Waals surface area contributed by atoms with Gasteiger partial charge in [-0.1, -0.05) is 12.1 Å². The average Bonchev–Trinajstić information content (AvgIpc) is 2.84. The van der Waals surface area contributed by atoms with Crippen LogP contribution in [0.3, 0.4) is 0 Å². The second kappa shape index (κ2) is 6.27. The zero-order valence-electron chi connectivity index (χ0n) is 12.4. The van der Waals surface area contributed by atoms with E-state index in [1.807, 2.05) is 45.2 Å². The van der Waals surface area contributed by atoms with Crippen molar-refractivity contribution >= 4 is 5.97 Å². The van der Waals surface area contributed by atoms with Crippen LogP contribution in [0.4, 0.5) is 0 Å². The first kappa shape index (κ1) is 14.9. The highest BCUT2D eigenvalue weighted by atomic mass is 16.5. The van der Waals surface area contributed by atoms with Gasteiger partial charge in [0.15, 0.2) is 0 Å². The molecule has 2 rings (SSSR count). The van der Waals surface area contributed by atoms with E-state index >= 15 is 0 Å². The number of hydrogen-bond acceptors (Lipinski definition) is 4. The lowest BCUT2D eigenvalue weighted by Gasteiger charge is -2.26. The van der Waals surface area contributed by atoms with E-state index < -0.39 is 5.54 Å². The third kappa shape index (κ3) is 3.12. The summed E-state index contributed by atoms with van der Waals surface area (Å²) in [6.45, 7) is 4.28. The molecular formula is C16H23NO3. The first-order valence-corrected chi connectivity index (χ1v) is 7.19. The highest BCUT2D eigenvalue weighted by Gasteiger charge is 2.46. The summed E-state index contributed by atoms with van der Waals surface area (Å²) < 4.78 is 11.2. The highest BCUT2D eigenvalue weighted by Crippen LogP contribution is 2.33. The molecule has 0 spiro atoms. The molecule has 2 atom stereocenters. The molecular weight excluding hydrogens is 254 g/mol. The molecule has 1 aliphatic carbocycles. The molecule has 1 aromatic carbocycles. The largest absolute Gasteiger partial charge is 0.490 e. The van der Waals surface area contributed by atoms with E-state index in [9.17, 15) is 4.79 Å². The number of ether oxygens (including phenoxy) is 2. The van der Waals surface area contributed by atoms with Crippen molar-refractivity contribution in [2.24, 2.45) is 0 Å². The Morgan fingerprint density at radius 1 is 1.50 bits per heavy atom. The minimum atomic E-state index is -0.593. The molecule has 0 amide bonds. The van der Waals surface area contributed by atoms with Crippen molar-refractivity contribution in [2.45, 2.75) is 44.8 Å². The number of hydrogen-bond donors (Lipinski definition) is 1. The molecule has 0 heterocycles. The van der Waals surface area contributed by atoms with Crippen molar-refractivity contribution in [1.29, 1.82) is 0 Å². The SMILES string of the molecule is CCOC(=O)C1(NC)CCC(Oc2cccc(C)c2)C1. The Morgan fingerprint density at radius 3 is 2.95 bits per heavy atom. The summed E-state index contributed by atoms with van der Waals surface area (Å²) in [4.78, 5) is 12.1. The van der Waals surface area contributed by atoms with Gasteiger partial charge in [-0.05, 0) is 51.4 Å². The van der Waals surface area contributed by atoms with Gasteiger partial charge >= 0.3 is 5.97 Å². The monoisotopic (exact) mass is 277 g/mol. The van der Waals surface area contributed by atoms with Gasteiger partial charge in [-0.2, -0.15) is 0 Å². The van der Waals surface area contributed by atoms with Crippen LogP contribution in [0.2, 0.25) is 0 Å². The van der Waals surface area contributed by atoms with Crippen molar-refractivity contribution in [3.8, 4) is 5.75 Å². The van der Waals surface area contributed by atoms with E-state index in [0.29, 0.717) is 13.0 Å². The Hall–Kier alpha value is -1.55. The van der Waals surface area contributed by atoms with Crippen LogP contribution >= 0.6 is 0 Å². The van der Waals surface area contributed by atoms with Crippen molar-refractivity contribution in [2.75, 3.05) is 13.7 Å². The van der Waals surface area contributed by atoms with E-state index in [0.717, 1.165) is 18.6 Å². The number of rotatable bonds is 5. The molecule has 1 fully saturated rings. The van der Waals surface area contributed by atoms with Crippen molar-refractivity contribution in [3.05, 3.63) is 29.8 Å².